The van der Waals surface area contributed by atoms with E-state index < -0.39 is 0 Å². The third kappa shape index (κ3) is 4.42. The van der Waals surface area contributed by atoms with Crippen LogP contribution in [-0.2, 0) is 4.74 Å². The molecule has 0 spiro atoms. The molecule has 2 heterocycles. The summed E-state index contributed by atoms with van der Waals surface area (Å²) in [5.41, 5.74) is 0. The fourth-order valence-corrected chi connectivity index (χ4v) is 2.38. The molecule has 1 saturated heterocycles. The minimum Gasteiger partial charge on any atom is -0.381 e. The van der Waals surface area contributed by atoms with Gasteiger partial charge in [-0.1, -0.05) is 0 Å². The molecule has 21 heavy (non-hydrogen) atoms. The van der Waals surface area contributed by atoms with Gasteiger partial charge in [0.1, 0.15) is 0 Å². The van der Waals surface area contributed by atoms with Crippen molar-refractivity contribution < 1.29 is 4.74 Å². The monoisotopic (exact) mass is 294 g/mol. The predicted octanol–water partition coefficient (Wildman–Crippen LogP) is 1.23. The van der Waals surface area contributed by atoms with Crippen molar-refractivity contribution in [1.29, 1.82) is 0 Å². The fourth-order valence-electron chi connectivity index (χ4n) is 2.38. The molecule has 0 aromatic carbocycles. The first-order chi connectivity index (χ1) is 10.1. The molecule has 1 fully saturated rings. The zero-order valence-electron chi connectivity index (χ0n) is 13.5. The summed E-state index contributed by atoms with van der Waals surface area (Å²) in [6.45, 7) is 5.44. The average molecular weight is 294 g/mol. The molecule has 1 N–H and O–H groups in total. The summed E-state index contributed by atoms with van der Waals surface area (Å²) in [4.78, 5) is 17.4. The summed E-state index contributed by atoms with van der Waals surface area (Å²) in [5.74, 6) is 2.54. The van der Waals surface area contributed by atoms with Crippen molar-refractivity contribution in [2.45, 2.75) is 19.8 Å². The van der Waals surface area contributed by atoms with Crippen LogP contribution in [0.25, 0.3) is 0 Å². The van der Waals surface area contributed by atoms with Crippen molar-refractivity contribution in [2.24, 2.45) is 5.92 Å². The first-order valence-corrected chi connectivity index (χ1v) is 7.56. The molecule has 1 aliphatic heterocycles. The number of anilines is 3. The molecule has 118 valence electrons. The SMILES string of the molecule is CCNc1nc(N(C)C)nc(N(C)CC2CCCOC2)n1. The second kappa shape index (κ2) is 7.40. The van der Waals surface area contributed by atoms with E-state index in [2.05, 4.69) is 25.2 Å². The topological polar surface area (TPSA) is 66.4 Å². The molecule has 7 nitrogen and oxygen atoms in total. The first-order valence-electron chi connectivity index (χ1n) is 7.56. The molecule has 7 heteroatoms. The summed E-state index contributed by atoms with van der Waals surface area (Å²) in [6.07, 6.45) is 2.34. The summed E-state index contributed by atoms with van der Waals surface area (Å²) >= 11 is 0. The Labute approximate surface area is 126 Å². The van der Waals surface area contributed by atoms with Crippen LogP contribution in [0.4, 0.5) is 17.8 Å². The van der Waals surface area contributed by atoms with Crippen molar-refractivity contribution in [1.82, 2.24) is 15.0 Å². The van der Waals surface area contributed by atoms with Crippen molar-refractivity contribution in [3.63, 3.8) is 0 Å². The Hall–Kier alpha value is -1.63. The maximum atomic E-state index is 5.54. The van der Waals surface area contributed by atoms with Gasteiger partial charge in [0.15, 0.2) is 0 Å². The highest BCUT2D eigenvalue weighted by molar-refractivity contribution is 5.44. The Kier molecular flexibility index (Phi) is 5.55. The van der Waals surface area contributed by atoms with Gasteiger partial charge in [0.2, 0.25) is 17.8 Å². The lowest BCUT2D eigenvalue weighted by Crippen LogP contribution is -2.32. The molecule has 0 amide bonds. The number of aromatic nitrogens is 3. The Morgan fingerprint density at radius 3 is 2.57 bits per heavy atom. The second-order valence-electron chi connectivity index (χ2n) is 5.65. The van der Waals surface area contributed by atoms with E-state index in [0.717, 1.165) is 32.7 Å². The summed E-state index contributed by atoms with van der Waals surface area (Å²) in [6, 6.07) is 0. The molecule has 0 saturated carbocycles. The highest BCUT2D eigenvalue weighted by atomic mass is 16.5. The summed E-state index contributed by atoms with van der Waals surface area (Å²) in [5, 5.41) is 3.16. The Morgan fingerprint density at radius 2 is 1.95 bits per heavy atom. The van der Waals surface area contributed by atoms with Crippen LogP contribution in [0.2, 0.25) is 0 Å². The standard InChI is InChI=1S/C14H26N6O/c1-5-15-12-16-13(19(2)3)18-14(17-12)20(4)9-11-7-6-8-21-10-11/h11H,5-10H2,1-4H3,(H,15,16,17,18). The Morgan fingerprint density at radius 1 is 1.19 bits per heavy atom. The minimum absolute atomic E-state index is 0.547. The van der Waals surface area contributed by atoms with Gasteiger partial charge in [-0.25, -0.2) is 0 Å². The third-order valence-corrected chi connectivity index (χ3v) is 3.47. The highest BCUT2D eigenvalue weighted by Gasteiger charge is 2.18. The summed E-state index contributed by atoms with van der Waals surface area (Å²) in [7, 11) is 5.90. The number of ether oxygens (including phenoxy) is 1. The normalized spacial score (nSPS) is 18.4. The molecule has 0 bridgehead atoms. The Bertz CT molecular complexity index is 447. The van der Waals surface area contributed by atoms with Gasteiger partial charge < -0.3 is 19.9 Å². The predicted molar refractivity (Wildman–Crippen MR) is 85.1 cm³/mol. The molecule has 1 atom stereocenters. The third-order valence-electron chi connectivity index (χ3n) is 3.47. The molecule has 1 aliphatic rings. The van der Waals surface area contributed by atoms with Gasteiger partial charge in [-0.2, -0.15) is 15.0 Å². The maximum Gasteiger partial charge on any atom is 0.231 e. The van der Waals surface area contributed by atoms with E-state index in [1.54, 1.807) is 0 Å². The number of hydrogen-bond acceptors (Lipinski definition) is 7. The van der Waals surface area contributed by atoms with Crippen LogP contribution in [0.3, 0.4) is 0 Å². The van der Waals surface area contributed by atoms with Gasteiger partial charge >= 0.3 is 0 Å². The highest BCUT2D eigenvalue weighted by Crippen LogP contribution is 2.19. The van der Waals surface area contributed by atoms with E-state index in [-0.39, 0.29) is 0 Å². The quantitative estimate of drug-likeness (QED) is 0.846. The van der Waals surface area contributed by atoms with E-state index in [1.165, 1.54) is 6.42 Å². The van der Waals surface area contributed by atoms with Gasteiger partial charge in [-0.05, 0) is 25.7 Å². The zero-order valence-corrected chi connectivity index (χ0v) is 13.5. The van der Waals surface area contributed by atoms with Crippen LogP contribution < -0.4 is 15.1 Å². The maximum absolute atomic E-state index is 5.54. The minimum atomic E-state index is 0.547. The van der Waals surface area contributed by atoms with Crippen LogP contribution in [-0.4, -0.2) is 62.4 Å². The van der Waals surface area contributed by atoms with Gasteiger partial charge in [-0.3, -0.25) is 0 Å². The van der Waals surface area contributed by atoms with Crippen LogP contribution >= 0.6 is 0 Å². The average Bonchev–Trinajstić information content (AvgIpc) is 2.48. The van der Waals surface area contributed by atoms with E-state index in [9.17, 15) is 0 Å². The number of hydrogen-bond donors (Lipinski definition) is 1. The molecule has 0 radical (unpaired) electrons. The lowest BCUT2D eigenvalue weighted by Gasteiger charge is -2.27. The molecule has 1 aromatic heterocycles. The van der Waals surface area contributed by atoms with Crippen molar-refractivity contribution in [3.05, 3.63) is 0 Å². The van der Waals surface area contributed by atoms with Crippen LogP contribution in [0.5, 0.6) is 0 Å². The fraction of sp³-hybridized carbons (Fsp3) is 0.786. The van der Waals surface area contributed by atoms with Gasteiger partial charge in [0, 0.05) is 40.8 Å². The van der Waals surface area contributed by atoms with Gasteiger partial charge in [0.25, 0.3) is 0 Å². The summed E-state index contributed by atoms with van der Waals surface area (Å²) < 4.78 is 5.54. The van der Waals surface area contributed by atoms with Gasteiger partial charge in [-0.15, -0.1) is 0 Å². The van der Waals surface area contributed by atoms with Crippen molar-refractivity contribution >= 4 is 17.8 Å². The van der Waals surface area contributed by atoms with Gasteiger partial charge in [0.05, 0.1) is 6.61 Å². The number of nitrogens with zero attached hydrogens (tertiary/aromatic N) is 5. The Balaban J connectivity index is 2.12. The number of rotatable bonds is 6. The van der Waals surface area contributed by atoms with E-state index in [0.29, 0.717) is 23.8 Å². The van der Waals surface area contributed by atoms with E-state index in [4.69, 9.17) is 4.74 Å². The van der Waals surface area contributed by atoms with Crippen LogP contribution in [0.15, 0.2) is 0 Å². The smallest absolute Gasteiger partial charge is 0.231 e. The van der Waals surface area contributed by atoms with E-state index >= 15 is 0 Å². The second-order valence-corrected chi connectivity index (χ2v) is 5.65. The van der Waals surface area contributed by atoms with Crippen molar-refractivity contribution in [3.8, 4) is 0 Å². The van der Waals surface area contributed by atoms with E-state index in [1.807, 2.05) is 33.0 Å². The molecular formula is C14H26N6O. The molecule has 1 unspecified atom stereocenters. The molecule has 0 aliphatic carbocycles. The zero-order chi connectivity index (χ0) is 15.2. The lowest BCUT2D eigenvalue weighted by molar-refractivity contribution is 0.0575. The van der Waals surface area contributed by atoms with Crippen molar-refractivity contribution in [2.75, 3.05) is 62.6 Å². The molecule has 2 rings (SSSR count). The molecule has 1 aromatic rings. The largest absolute Gasteiger partial charge is 0.381 e. The lowest BCUT2D eigenvalue weighted by atomic mass is 10.0. The molecular weight excluding hydrogens is 268 g/mol. The first kappa shape index (κ1) is 15.8. The van der Waals surface area contributed by atoms with Crippen LogP contribution in [0, 0.1) is 5.92 Å². The number of nitrogens with one attached hydrogen (secondary N) is 1. The van der Waals surface area contributed by atoms with Crippen LogP contribution in [0.1, 0.15) is 19.8 Å².